The fourth-order valence-electron chi connectivity index (χ4n) is 6.84. The molecule has 3 aromatic carbocycles. The fourth-order valence-corrected chi connectivity index (χ4v) is 6.84. The third-order valence-electron chi connectivity index (χ3n) is 10.0. The quantitative estimate of drug-likeness (QED) is 0.0739. The van der Waals surface area contributed by atoms with E-state index in [2.05, 4.69) is 31.9 Å². The zero-order valence-electron chi connectivity index (χ0n) is 33.1. The highest BCUT2D eigenvalue weighted by Gasteiger charge is 2.40. The van der Waals surface area contributed by atoms with E-state index in [4.69, 9.17) is 5.73 Å². The number of imide groups is 1. The Labute approximate surface area is 340 Å². The van der Waals surface area contributed by atoms with Gasteiger partial charge in [0.05, 0.1) is 39.4 Å². The smallest absolute Gasteiger partial charge is 0.323 e. The van der Waals surface area contributed by atoms with Crippen LogP contribution in [0.2, 0.25) is 0 Å². The Morgan fingerprint density at radius 2 is 1.66 bits per heavy atom. The second kappa shape index (κ2) is 19.6. The van der Waals surface area contributed by atoms with E-state index in [1.807, 2.05) is 32.9 Å². The van der Waals surface area contributed by atoms with Crippen LogP contribution in [0.25, 0.3) is 0 Å². The Morgan fingerprint density at radius 1 is 0.932 bits per heavy atom. The highest BCUT2D eigenvalue weighted by molar-refractivity contribution is 6.06. The second-order valence-corrected chi connectivity index (χ2v) is 14.6. The predicted molar refractivity (Wildman–Crippen MR) is 214 cm³/mol. The van der Waals surface area contributed by atoms with Crippen molar-refractivity contribution in [1.82, 2.24) is 36.4 Å². The van der Waals surface area contributed by atoms with Gasteiger partial charge in [0.1, 0.15) is 17.8 Å². The van der Waals surface area contributed by atoms with Crippen LogP contribution in [0.3, 0.4) is 0 Å². The molecule has 0 spiro atoms. The minimum atomic E-state index is -1.11. The third-order valence-corrected chi connectivity index (χ3v) is 10.0. The third kappa shape index (κ3) is 11.2. The summed E-state index contributed by atoms with van der Waals surface area (Å²) in [5.41, 5.74) is 9.23. The summed E-state index contributed by atoms with van der Waals surface area (Å²) >= 11 is 0. The van der Waals surface area contributed by atoms with Crippen LogP contribution in [0.5, 0.6) is 5.75 Å². The number of phenols is 1. The lowest BCUT2D eigenvalue weighted by atomic mass is 9.97. The van der Waals surface area contributed by atoms with Gasteiger partial charge in [-0.2, -0.15) is 0 Å². The van der Waals surface area contributed by atoms with Crippen molar-refractivity contribution in [3.63, 3.8) is 0 Å². The Morgan fingerprint density at radius 3 is 2.36 bits per heavy atom. The Bertz CT molecular complexity index is 2130. The number of phenolic OH excluding ortho intramolecular Hbond substituents is 1. The first-order chi connectivity index (χ1) is 28.1. The van der Waals surface area contributed by atoms with Crippen molar-refractivity contribution < 1.29 is 43.5 Å². The maximum atomic E-state index is 13.9. The molecule has 2 heterocycles. The number of aryl methyl sites for hydroxylation is 1. The van der Waals surface area contributed by atoms with Crippen molar-refractivity contribution in [2.45, 2.75) is 71.1 Å². The molecule has 1 saturated heterocycles. The molecule has 312 valence electrons. The Balaban J connectivity index is 1.29. The van der Waals surface area contributed by atoms with E-state index < -0.39 is 72.6 Å². The van der Waals surface area contributed by atoms with E-state index in [0.29, 0.717) is 5.69 Å². The average Bonchev–Trinajstić information content (AvgIpc) is 3.54. The van der Waals surface area contributed by atoms with Gasteiger partial charge in [0.25, 0.3) is 5.91 Å². The molecule has 18 nitrogen and oxygen atoms in total. The van der Waals surface area contributed by atoms with Crippen LogP contribution in [0.4, 0.5) is 10.5 Å². The van der Waals surface area contributed by atoms with Gasteiger partial charge in [-0.15, -0.1) is 0 Å². The van der Waals surface area contributed by atoms with Gasteiger partial charge in [0.15, 0.2) is 0 Å². The molecule has 59 heavy (non-hydrogen) atoms. The Kier molecular flexibility index (Phi) is 14.4. The molecule has 0 saturated carbocycles. The highest BCUT2D eigenvalue weighted by atomic mass is 16.3. The molecule has 2 aliphatic rings. The van der Waals surface area contributed by atoms with Crippen molar-refractivity contribution in [3.05, 3.63) is 94.0 Å². The number of nitrogens with one attached hydrogen (secondary N) is 6. The number of rotatable bonds is 16. The number of anilines is 1. The number of nitrogens with two attached hydrogens (primary N) is 1. The molecule has 5 rings (SSSR count). The van der Waals surface area contributed by atoms with Gasteiger partial charge in [0.2, 0.25) is 35.4 Å². The normalized spacial score (nSPS) is 15.2. The minimum absolute atomic E-state index is 0.0637. The predicted octanol–water partition coefficient (Wildman–Crippen LogP) is 0.611. The minimum Gasteiger partial charge on any atom is -0.507 e. The molecular formula is C41H49N9O9. The van der Waals surface area contributed by atoms with Crippen LogP contribution >= 0.6 is 0 Å². The summed E-state index contributed by atoms with van der Waals surface area (Å²) in [6.07, 6.45) is 0.284. The number of amides is 9. The van der Waals surface area contributed by atoms with Gasteiger partial charge in [0, 0.05) is 35.2 Å². The van der Waals surface area contributed by atoms with Gasteiger partial charge in [-0.05, 0) is 54.2 Å². The topological polar surface area (TPSA) is 261 Å². The van der Waals surface area contributed by atoms with Gasteiger partial charge in [-0.25, -0.2) is 4.79 Å². The lowest BCUT2D eigenvalue weighted by Crippen LogP contribution is -2.52. The molecule has 0 bridgehead atoms. The number of hydrogen-bond donors (Lipinski definition) is 8. The van der Waals surface area contributed by atoms with E-state index in [0.717, 1.165) is 16.7 Å². The summed E-state index contributed by atoms with van der Waals surface area (Å²) in [5, 5.41) is 26.6. The number of piperidine rings is 1. The molecule has 0 aliphatic carbocycles. The number of fused-ring (bicyclic) bond motifs is 1. The standard InChI is InChI=1S/C41H49N9O9/c1-23(2)29-16-27(11-9-24(29)3)46-41(59)49(20-26-10-12-28-30(37(26)55)21-50(40(28)58)32-13-14-33(51)48-39(32)57)22-45-35(53)18-44-38(56)31(15-25-7-5-4-6-8-25)47-36(54)19-43-34(52)17-42/h4-12,16,23,31-32,55H,13-15,17-22,42H2,1-3H3,(H,43,52)(H,44,56)(H,45,53)(H,46,59)(H,47,54)(H,48,51,57)/t31-,32?/m0/s1. The average molecular weight is 812 g/mol. The molecule has 2 aliphatic heterocycles. The van der Waals surface area contributed by atoms with Gasteiger partial charge >= 0.3 is 6.03 Å². The van der Waals surface area contributed by atoms with Gasteiger partial charge < -0.3 is 47.2 Å². The number of carbonyl (C=O) groups excluding carboxylic acids is 8. The number of benzene rings is 3. The largest absolute Gasteiger partial charge is 0.507 e. The van der Waals surface area contributed by atoms with Crippen LogP contribution in [0.15, 0.2) is 60.7 Å². The van der Waals surface area contributed by atoms with Crippen LogP contribution in [0.1, 0.15) is 70.8 Å². The second-order valence-electron chi connectivity index (χ2n) is 14.6. The summed E-state index contributed by atoms with van der Waals surface area (Å²) in [5.74, 6) is -4.18. The fraction of sp³-hybridized carbons (Fsp3) is 0.366. The van der Waals surface area contributed by atoms with Gasteiger partial charge in [-0.1, -0.05) is 56.3 Å². The first kappa shape index (κ1) is 43.3. The molecule has 0 aromatic heterocycles. The van der Waals surface area contributed by atoms with Crippen LogP contribution in [0, 0.1) is 6.92 Å². The summed E-state index contributed by atoms with van der Waals surface area (Å²) in [6, 6.07) is 14.7. The van der Waals surface area contributed by atoms with Crippen molar-refractivity contribution in [3.8, 4) is 5.75 Å². The molecule has 0 radical (unpaired) electrons. The molecule has 1 unspecified atom stereocenters. The van der Waals surface area contributed by atoms with E-state index in [-0.39, 0.29) is 73.9 Å². The van der Waals surface area contributed by atoms with E-state index >= 15 is 0 Å². The zero-order chi connectivity index (χ0) is 42.8. The zero-order valence-corrected chi connectivity index (χ0v) is 33.1. The molecule has 1 fully saturated rings. The van der Waals surface area contributed by atoms with E-state index in [9.17, 15) is 43.5 Å². The number of urea groups is 1. The van der Waals surface area contributed by atoms with Crippen molar-refractivity contribution >= 4 is 53.1 Å². The SMILES string of the molecule is Cc1ccc(NC(=O)N(CNC(=O)CNC(=O)[C@H](Cc2ccccc2)NC(=O)CNC(=O)CN)Cc2ccc3c(c2O)CN(C2CCC(=O)NC2=O)C3=O)cc1C(C)C. The van der Waals surface area contributed by atoms with E-state index in [1.54, 1.807) is 36.4 Å². The molecule has 9 amide bonds. The molecule has 2 atom stereocenters. The summed E-state index contributed by atoms with van der Waals surface area (Å²) in [6.45, 7) is 4.03. The molecule has 9 N–H and O–H groups in total. The lowest BCUT2D eigenvalue weighted by molar-refractivity contribution is -0.137. The highest BCUT2D eigenvalue weighted by Crippen LogP contribution is 2.36. The van der Waals surface area contributed by atoms with Crippen LogP contribution in [-0.2, 0) is 48.3 Å². The van der Waals surface area contributed by atoms with Crippen molar-refractivity contribution in [2.24, 2.45) is 5.73 Å². The summed E-state index contributed by atoms with van der Waals surface area (Å²) in [4.78, 5) is 105. The lowest BCUT2D eigenvalue weighted by Gasteiger charge is -2.29. The number of aromatic hydroxyl groups is 1. The first-order valence-electron chi connectivity index (χ1n) is 19.1. The van der Waals surface area contributed by atoms with Crippen LogP contribution < -0.4 is 37.6 Å². The monoisotopic (exact) mass is 811 g/mol. The maximum Gasteiger partial charge on any atom is 0.323 e. The number of nitrogens with zero attached hydrogens (tertiary/aromatic N) is 2. The number of carbonyl (C=O) groups is 8. The maximum absolute atomic E-state index is 13.9. The van der Waals surface area contributed by atoms with E-state index in [1.165, 1.54) is 21.9 Å². The Hall–Kier alpha value is -6.82. The van der Waals surface area contributed by atoms with Gasteiger partial charge in [-0.3, -0.25) is 38.9 Å². The molecular weight excluding hydrogens is 763 g/mol. The van der Waals surface area contributed by atoms with Crippen molar-refractivity contribution in [2.75, 3.05) is 31.6 Å². The van der Waals surface area contributed by atoms with Crippen molar-refractivity contribution in [1.29, 1.82) is 0 Å². The molecule has 3 aromatic rings. The number of hydrogen-bond acceptors (Lipinski definition) is 10. The summed E-state index contributed by atoms with van der Waals surface area (Å²) < 4.78 is 0. The molecule has 18 heteroatoms. The van der Waals surface area contributed by atoms with Crippen LogP contribution in [-0.4, -0.2) is 101 Å². The first-order valence-corrected chi connectivity index (χ1v) is 19.1. The summed E-state index contributed by atoms with van der Waals surface area (Å²) in [7, 11) is 0.